The second kappa shape index (κ2) is 10.1. The molecule has 0 saturated carbocycles. The van der Waals surface area contributed by atoms with Crippen molar-refractivity contribution in [3.63, 3.8) is 0 Å². The van der Waals surface area contributed by atoms with Crippen LogP contribution in [0.4, 0.5) is 5.69 Å². The summed E-state index contributed by atoms with van der Waals surface area (Å²) < 4.78 is 11.0. The second-order valence-corrected chi connectivity index (χ2v) is 7.25. The zero-order valence-corrected chi connectivity index (χ0v) is 18.0. The number of halogens is 1. The average Bonchev–Trinajstić information content (AvgIpc) is 2.75. The van der Waals surface area contributed by atoms with Crippen LogP contribution in [0.1, 0.15) is 11.1 Å². The molecule has 0 saturated heterocycles. The fourth-order valence-corrected chi connectivity index (χ4v) is 3.40. The Morgan fingerprint density at radius 1 is 0.897 bits per heavy atom. The molecule has 0 amide bonds. The minimum atomic E-state index is 0.564. The lowest BCUT2D eigenvalue weighted by Gasteiger charge is -2.27. The summed E-state index contributed by atoms with van der Waals surface area (Å²) in [6, 6.07) is 23.5. The molecule has 0 bridgehead atoms. The number of ether oxygens (including phenoxy) is 2. The van der Waals surface area contributed by atoms with Gasteiger partial charge in [0.25, 0.3) is 0 Å². The highest BCUT2D eigenvalue weighted by Crippen LogP contribution is 2.32. The van der Waals surface area contributed by atoms with Crippen LogP contribution in [0.2, 0.25) is 5.02 Å². The molecule has 0 aromatic heterocycles. The number of hydrogen-bond donors (Lipinski definition) is 1. The average molecular weight is 427 g/mol. The van der Waals surface area contributed by atoms with Gasteiger partial charge in [-0.1, -0.05) is 54.1 Å². The molecule has 150 valence electrons. The highest BCUT2D eigenvalue weighted by atomic mass is 35.5. The van der Waals surface area contributed by atoms with Crippen LogP contribution in [0, 0.1) is 0 Å². The van der Waals surface area contributed by atoms with Gasteiger partial charge >= 0.3 is 0 Å². The number of benzene rings is 3. The van der Waals surface area contributed by atoms with Gasteiger partial charge in [0.15, 0.2) is 16.6 Å². The molecule has 1 N–H and O–H groups in total. The third-order valence-electron chi connectivity index (χ3n) is 4.44. The molecule has 0 spiro atoms. The Morgan fingerprint density at radius 3 is 2.28 bits per heavy atom. The Balaban J connectivity index is 1.86. The molecule has 0 aliphatic heterocycles. The lowest BCUT2D eigenvalue weighted by molar-refractivity contribution is 0.341. The van der Waals surface area contributed by atoms with E-state index in [1.807, 2.05) is 60.7 Å². The van der Waals surface area contributed by atoms with Gasteiger partial charge in [0.05, 0.1) is 14.2 Å². The smallest absolute Gasteiger partial charge is 0.174 e. The van der Waals surface area contributed by atoms with E-state index in [-0.39, 0.29) is 0 Å². The third kappa shape index (κ3) is 5.62. The molecule has 0 atom stereocenters. The second-order valence-electron chi connectivity index (χ2n) is 6.43. The minimum absolute atomic E-state index is 0.564. The van der Waals surface area contributed by atoms with Gasteiger partial charge in [0.1, 0.15) is 0 Å². The van der Waals surface area contributed by atoms with Gasteiger partial charge in [0.2, 0.25) is 0 Å². The van der Waals surface area contributed by atoms with Gasteiger partial charge in [-0.2, -0.15) is 0 Å². The molecule has 3 rings (SSSR count). The van der Waals surface area contributed by atoms with Crippen LogP contribution in [0.3, 0.4) is 0 Å². The van der Waals surface area contributed by atoms with E-state index in [1.165, 1.54) is 0 Å². The number of methoxy groups -OCH3 is 2. The summed E-state index contributed by atoms with van der Waals surface area (Å²) in [4.78, 5) is 2.09. The first-order valence-corrected chi connectivity index (χ1v) is 9.94. The predicted molar refractivity (Wildman–Crippen MR) is 123 cm³/mol. The summed E-state index contributed by atoms with van der Waals surface area (Å²) in [5.41, 5.74) is 3.03. The normalized spacial score (nSPS) is 10.3. The fraction of sp³-hybridized carbons (Fsp3) is 0.174. The standard InChI is InChI=1S/C23H23ClN2O2S/c1-27-21-10-6-9-18(22(21)28-2)16-26(15-17-7-4-3-5-8-17)23(29)25-20-13-11-19(24)12-14-20/h3-14H,15-16H2,1-2H3,(H,25,29). The van der Waals surface area contributed by atoms with Crippen LogP contribution in [0.25, 0.3) is 0 Å². The molecule has 0 heterocycles. The quantitative estimate of drug-likeness (QED) is 0.486. The van der Waals surface area contributed by atoms with Gasteiger partial charge in [-0.05, 0) is 48.1 Å². The summed E-state index contributed by atoms with van der Waals surface area (Å²) in [5.74, 6) is 1.41. The molecule has 0 fully saturated rings. The molecule has 0 unspecified atom stereocenters. The van der Waals surface area contributed by atoms with Crippen LogP contribution in [-0.2, 0) is 13.1 Å². The van der Waals surface area contributed by atoms with Crippen LogP contribution in [-0.4, -0.2) is 24.2 Å². The molecule has 0 radical (unpaired) electrons. The first kappa shape index (κ1) is 21.0. The van der Waals surface area contributed by atoms with Gasteiger partial charge < -0.3 is 19.7 Å². The van der Waals surface area contributed by atoms with Crippen LogP contribution in [0.15, 0.2) is 72.8 Å². The van der Waals surface area contributed by atoms with E-state index < -0.39 is 0 Å². The highest BCUT2D eigenvalue weighted by Gasteiger charge is 2.16. The maximum atomic E-state index is 5.99. The molecule has 3 aromatic carbocycles. The molecular weight excluding hydrogens is 404 g/mol. The number of para-hydroxylation sites is 1. The summed E-state index contributed by atoms with van der Waals surface area (Å²) in [7, 11) is 3.28. The first-order valence-electron chi connectivity index (χ1n) is 9.16. The van der Waals surface area contributed by atoms with Crippen molar-refractivity contribution in [3.05, 3.63) is 88.9 Å². The number of hydrogen-bond acceptors (Lipinski definition) is 3. The lowest BCUT2D eigenvalue weighted by atomic mass is 10.1. The first-order chi connectivity index (χ1) is 14.1. The Bertz CT molecular complexity index is 949. The molecular formula is C23H23ClN2O2S. The van der Waals surface area contributed by atoms with Crippen molar-refractivity contribution in [2.75, 3.05) is 19.5 Å². The Kier molecular flexibility index (Phi) is 7.33. The van der Waals surface area contributed by atoms with Crippen molar-refractivity contribution in [2.24, 2.45) is 0 Å². The number of rotatable bonds is 7. The van der Waals surface area contributed by atoms with Gasteiger partial charge in [-0.15, -0.1) is 0 Å². The van der Waals surface area contributed by atoms with Crippen molar-refractivity contribution in [1.29, 1.82) is 0 Å². The van der Waals surface area contributed by atoms with E-state index in [0.717, 1.165) is 16.8 Å². The maximum absolute atomic E-state index is 5.99. The van der Waals surface area contributed by atoms with Crippen LogP contribution in [0.5, 0.6) is 11.5 Å². The van der Waals surface area contributed by atoms with E-state index >= 15 is 0 Å². The molecule has 3 aromatic rings. The zero-order chi connectivity index (χ0) is 20.6. The fourth-order valence-electron chi connectivity index (χ4n) is 3.02. The lowest BCUT2D eigenvalue weighted by Crippen LogP contribution is -2.34. The van der Waals surface area contributed by atoms with Crippen molar-refractivity contribution >= 4 is 34.6 Å². The number of thiocarbonyl (C=S) groups is 1. The highest BCUT2D eigenvalue weighted by molar-refractivity contribution is 7.80. The van der Waals surface area contributed by atoms with E-state index in [1.54, 1.807) is 14.2 Å². The predicted octanol–water partition coefficient (Wildman–Crippen LogP) is 5.76. The molecule has 6 heteroatoms. The minimum Gasteiger partial charge on any atom is -0.493 e. The van der Waals surface area contributed by atoms with Crippen molar-refractivity contribution in [2.45, 2.75) is 13.1 Å². The van der Waals surface area contributed by atoms with Crippen molar-refractivity contribution in [3.8, 4) is 11.5 Å². The number of nitrogens with zero attached hydrogens (tertiary/aromatic N) is 1. The number of nitrogens with one attached hydrogen (secondary N) is 1. The monoisotopic (exact) mass is 426 g/mol. The Morgan fingerprint density at radius 2 is 1.62 bits per heavy atom. The van der Waals surface area contributed by atoms with E-state index in [2.05, 4.69) is 22.3 Å². The topological polar surface area (TPSA) is 33.7 Å². The third-order valence-corrected chi connectivity index (χ3v) is 5.06. The summed E-state index contributed by atoms with van der Waals surface area (Å²) in [6.07, 6.45) is 0. The largest absolute Gasteiger partial charge is 0.493 e. The number of anilines is 1. The van der Waals surface area contributed by atoms with Gasteiger partial charge in [0, 0.05) is 29.4 Å². The molecule has 0 aliphatic carbocycles. The van der Waals surface area contributed by atoms with Crippen LogP contribution >= 0.6 is 23.8 Å². The zero-order valence-electron chi connectivity index (χ0n) is 16.4. The van der Waals surface area contributed by atoms with E-state index in [4.69, 9.17) is 33.3 Å². The summed E-state index contributed by atoms with van der Waals surface area (Å²) in [6.45, 7) is 1.22. The summed E-state index contributed by atoms with van der Waals surface area (Å²) >= 11 is 11.7. The maximum Gasteiger partial charge on any atom is 0.174 e. The van der Waals surface area contributed by atoms with Crippen molar-refractivity contribution in [1.82, 2.24) is 4.90 Å². The molecule has 29 heavy (non-hydrogen) atoms. The Labute approximate surface area is 182 Å². The van der Waals surface area contributed by atoms with Gasteiger partial charge in [-0.3, -0.25) is 0 Å². The molecule has 0 aliphatic rings. The molecule has 4 nitrogen and oxygen atoms in total. The summed E-state index contributed by atoms with van der Waals surface area (Å²) in [5, 5.41) is 4.60. The Hall–Kier alpha value is -2.76. The van der Waals surface area contributed by atoms with Crippen molar-refractivity contribution < 1.29 is 9.47 Å². The van der Waals surface area contributed by atoms with E-state index in [9.17, 15) is 0 Å². The van der Waals surface area contributed by atoms with E-state index in [0.29, 0.717) is 34.7 Å². The SMILES string of the molecule is COc1cccc(CN(Cc2ccccc2)C(=S)Nc2ccc(Cl)cc2)c1OC. The van der Waals surface area contributed by atoms with Gasteiger partial charge in [-0.25, -0.2) is 0 Å². The van der Waals surface area contributed by atoms with Crippen LogP contribution < -0.4 is 14.8 Å².